The fourth-order valence-electron chi connectivity index (χ4n) is 1.12. The van der Waals surface area contributed by atoms with Gasteiger partial charge in [-0.25, -0.2) is 9.97 Å². The summed E-state index contributed by atoms with van der Waals surface area (Å²) in [6.45, 7) is 0.0973. The topological polar surface area (TPSA) is 115 Å². The summed E-state index contributed by atoms with van der Waals surface area (Å²) in [5.41, 5.74) is 8.30. The Morgan fingerprint density at radius 2 is 2.31 bits per heavy atom. The Morgan fingerprint density at radius 1 is 1.56 bits per heavy atom. The molecule has 1 aromatic heterocycles. The van der Waals surface area contributed by atoms with Crippen molar-refractivity contribution in [3.05, 3.63) is 33.7 Å². The number of aliphatic hydroxyl groups excluding tert-OH is 2. The van der Waals surface area contributed by atoms with Gasteiger partial charge in [-0.1, -0.05) is 16.7 Å². The minimum absolute atomic E-state index is 0.0883. The van der Waals surface area contributed by atoms with Crippen molar-refractivity contribution in [2.24, 2.45) is 5.11 Å². The maximum absolute atomic E-state index is 9.72. The molecule has 0 spiro atoms. The predicted molar refractivity (Wildman–Crippen MR) is 56.6 cm³/mol. The molecular weight excluding hydrogens is 234 g/mol. The van der Waals surface area contributed by atoms with E-state index in [9.17, 15) is 10.2 Å². The second kappa shape index (κ2) is 6.24. The molecule has 8 heteroatoms. The number of nitrogens with zero attached hydrogens (tertiary/aromatic N) is 5. The molecule has 0 aliphatic rings. The monoisotopic (exact) mass is 243 g/mol. The zero-order valence-corrected chi connectivity index (χ0v) is 8.99. The van der Waals surface area contributed by atoms with Crippen LogP contribution in [0.5, 0.6) is 0 Å². The Labute approximate surface area is 96.4 Å². The van der Waals surface area contributed by atoms with Gasteiger partial charge in [-0.2, -0.15) is 0 Å². The fourth-order valence-corrected chi connectivity index (χ4v) is 1.33. The lowest BCUT2D eigenvalue weighted by Gasteiger charge is -2.17. The highest BCUT2D eigenvalue weighted by molar-refractivity contribution is 6.30. The molecule has 0 fully saturated rings. The summed E-state index contributed by atoms with van der Waals surface area (Å²) in [5, 5.41) is 22.6. The summed E-state index contributed by atoms with van der Waals surface area (Å²) < 4.78 is 0. The number of hydrogen-bond acceptors (Lipinski definition) is 5. The van der Waals surface area contributed by atoms with E-state index in [0.717, 1.165) is 0 Å². The number of aromatic nitrogens is 2. The molecule has 0 bridgehead atoms. The van der Waals surface area contributed by atoms with Crippen LogP contribution in [-0.4, -0.2) is 32.8 Å². The molecule has 2 N–H and O–H groups in total. The van der Waals surface area contributed by atoms with Crippen LogP contribution in [-0.2, 0) is 0 Å². The van der Waals surface area contributed by atoms with Crippen molar-refractivity contribution in [2.45, 2.75) is 18.6 Å². The van der Waals surface area contributed by atoms with Crippen LogP contribution in [0.4, 0.5) is 0 Å². The summed E-state index contributed by atoms with van der Waals surface area (Å²) in [5.74, 6) is 0. The van der Waals surface area contributed by atoms with Crippen molar-refractivity contribution < 1.29 is 10.2 Å². The third-order valence-electron chi connectivity index (χ3n) is 1.96. The lowest BCUT2D eigenvalue weighted by molar-refractivity contribution is 0.0147. The third-order valence-corrected chi connectivity index (χ3v) is 2.28. The molecular formula is C8H10ClN5O2. The minimum atomic E-state index is -1.19. The van der Waals surface area contributed by atoms with Gasteiger partial charge in [0.15, 0.2) is 0 Å². The first-order valence-corrected chi connectivity index (χ1v) is 4.87. The minimum Gasteiger partial charge on any atom is -0.390 e. The molecule has 0 aromatic carbocycles. The van der Waals surface area contributed by atoms with E-state index in [1.807, 2.05) is 0 Å². The quantitative estimate of drug-likeness (QED) is 0.350. The Bertz CT molecular complexity index is 396. The zero-order valence-electron chi connectivity index (χ0n) is 8.23. The summed E-state index contributed by atoms with van der Waals surface area (Å²) in [6, 6.07) is 0. The van der Waals surface area contributed by atoms with E-state index < -0.39 is 12.2 Å². The number of hydrogen-bond donors (Lipinski definition) is 2. The van der Waals surface area contributed by atoms with Crippen molar-refractivity contribution >= 4 is 11.6 Å². The molecule has 1 heterocycles. The molecule has 16 heavy (non-hydrogen) atoms. The van der Waals surface area contributed by atoms with E-state index >= 15 is 0 Å². The smallest absolute Gasteiger partial charge is 0.138 e. The SMILES string of the molecule is [N-]=[N+]=NCCC(O)C(O)c1cncnc1Cl. The van der Waals surface area contributed by atoms with Gasteiger partial charge in [0, 0.05) is 23.2 Å². The predicted octanol–water partition coefficient (Wildman–Crippen LogP) is 1.22. The van der Waals surface area contributed by atoms with Crippen LogP contribution >= 0.6 is 11.6 Å². The molecule has 0 saturated carbocycles. The first-order chi connectivity index (χ1) is 7.66. The van der Waals surface area contributed by atoms with Gasteiger partial charge in [-0.3, -0.25) is 0 Å². The molecule has 0 amide bonds. The van der Waals surface area contributed by atoms with Crippen molar-refractivity contribution in [3.8, 4) is 0 Å². The van der Waals surface area contributed by atoms with E-state index in [1.165, 1.54) is 12.5 Å². The lowest BCUT2D eigenvalue weighted by atomic mass is 10.1. The van der Waals surface area contributed by atoms with E-state index in [-0.39, 0.29) is 23.7 Å². The summed E-state index contributed by atoms with van der Waals surface area (Å²) >= 11 is 5.72. The highest BCUT2D eigenvalue weighted by Gasteiger charge is 2.20. The molecule has 7 nitrogen and oxygen atoms in total. The van der Waals surface area contributed by atoms with Gasteiger partial charge in [0.1, 0.15) is 17.6 Å². The standard InChI is InChI=1S/C8H10ClN5O2/c9-8-5(3-11-4-12-8)7(16)6(15)1-2-13-14-10/h3-4,6-7,15-16H,1-2H2. The van der Waals surface area contributed by atoms with Crippen LogP contribution in [0.1, 0.15) is 18.1 Å². The summed E-state index contributed by atoms with van der Waals surface area (Å²) in [7, 11) is 0. The van der Waals surface area contributed by atoms with Crippen LogP contribution < -0.4 is 0 Å². The Hall–Kier alpha value is -1.40. The molecule has 0 aliphatic heterocycles. The average molecular weight is 244 g/mol. The number of halogens is 1. The molecule has 1 aromatic rings. The summed E-state index contributed by atoms with van der Waals surface area (Å²) in [4.78, 5) is 9.92. The van der Waals surface area contributed by atoms with Gasteiger partial charge >= 0.3 is 0 Å². The van der Waals surface area contributed by atoms with Crippen LogP contribution in [0.2, 0.25) is 5.15 Å². The van der Waals surface area contributed by atoms with Gasteiger partial charge in [-0.15, -0.1) is 0 Å². The van der Waals surface area contributed by atoms with Gasteiger partial charge in [0.25, 0.3) is 0 Å². The molecule has 2 atom stereocenters. The number of azide groups is 1. The van der Waals surface area contributed by atoms with Crippen molar-refractivity contribution in [1.29, 1.82) is 0 Å². The zero-order chi connectivity index (χ0) is 12.0. The molecule has 0 radical (unpaired) electrons. The fraction of sp³-hybridized carbons (Fsp3) is 0.500. The van der Waals surface area contributed by atoms with E-state index in [4.69, 9.17) is 17.1 Å². The van der Waals surface area contributed by atoms with Gasteiger partial charge < -0.3 is 10.2 Å². The average Bonchev–Trinajstić information content (AvgIpc) is 2.29. The van der Waals surface area contributed by atoms with E-state index in [1.54, 1.807) is 0 Å². The first-order valence-electron chi connectivity index (χ1n) is 4.49. The molecule has 2 unspecified atom stereocenters. The highest BCUT2D eigenvalue weighted by atomic mass is 35.5. The van der Waals surface area contributed by atoms with E-state index in [0.29, 0.717) is 0 Å². The largest absolute Gasteiger partial charge is 0.390 e. The molecule has 0 aliphatic carbocycles. The van der Waals surface area contributed by atoms with Crippen molar-refractivity contribution in [3.63, 3.8) is 0 Å². The van der Waals surface area contributed by atoms with E-state index in [2.05, 4.69) is 20.0 Å². The van der Waals surface area contributed by atoms with Crippen LogP contribution in [0.15, 0.2) is 17.6 Å². The third kappa shape index (κ3) is 3.32. The van der Waals surface area contributed by atoms with Gasteiger partial charge in [-0.05, 0) is 12.0 Å². The van der Waals surface area contributed by atoms with Crippen molar-refractivity contribution in [2.75, 3.05) is 6.54 Å². The van der Waals surface area contributed by atoms with Gasteiger partial charge in [0.05, 0.1) is 6.10 Å². The van der Waals surface area contributed by atoms with Crippen LogP contribution in [0.3, 0.4) is 0 Å². The molecule has 0 saturated heterocycles. The molecule has 86 valence electrons. The highest BCUT2D eigenvalue weighted by Crippen LogP contribution is 2.23. The first kappa shape index (κ1) is 12.7. The van der Waals surface area contributed by atoms with Crippen molar-refractivity contribution in [1.82, 2.24) is 9.97 Å². The maximum Gasteiger partial charge on any atom is 0.138 e. The van der Waals surface area contributed by atoms with Gasteiger partial charge in [0.2, 0.25) is 0 Å². The molecule has 1 rings (SSSR count). The van der Waals surface area contributed by atoms with Crippen LogP contribution in [0, 0.1) is 0 Å². The second-order valence-corrected chi connectivity index (χ2v) is 3.38. The number of rotatable bonds is 5. The second-order valence-electron chi connectivity index (χ2n) is 3.02. The maximum atomic E-state index is 9.72. The Kier molecular flexibility index (Phi) is 4.94. The Morgan fingerprint density at radius 3 is 2.94 bits per heavy atom. The summed E-state index contributed by atoms with van der Waals surface area (Å²) in [6.07, 6.45) is 0.439. The normalized spacial score (nSPS) is 13.9. The number of aliphatic hydroxyl groups is 2. The Balaban J connectivity index is 2.66. The lowest BCUT2D eigenvalue weighted by Crippen LogP contribution is -2.19. The van der Waals surface area contributed by atoms with Crippen LogP contribution in [0.25, 0.3) is 10.4 Å².